The summed E-state index contributed by atoms with van der Waals surface area (Å²) in [6.07, 6.45) is 0.977. The molecule has 1 aliphatic rings. The van der Waals surface area contributed by atoms with Gasteiger partial charge in [0, 0.05) is 11.0 Å². The molecular weight excluding hydrogens is 234 g/mol. The van der Waals surface area contributed by atoms with Crippen molar-refractivity contribution in [1.82, 2.24) is 0 Å². The Kier molecular flexibility index (Phi) is 3.53. The van der Waals surface area contributed by atoms with Crippen molar-refractivity contribution in [2.45, 2.75) is 58.9 Å². The van der Waals surface area contributed by atoms with E-state index in [-0.39, 0.29) is 11.0 Å². The van der Waals surface area contributed by atoms with Crippen molar-refractivity contribution < 1.29 is 4.74 Å². The Hall–Kier alpha value is -0.860. The molecule has 0 unspecified atom stereocenters. The second-order valence-electron chi connectivity index (χ2n) is 7.07. The van der Waals surface area contributed by atoms with Gasteiger partial charge in [0.1, 0.15) is 0 Å². The first-order valence-corrected chi connectivity index (χ1v) is 7.11. The first kappa shape index (κ1) is 14.5. The third-order valence-electron chi connectivity index (χ3n) is 4.45. The van der Waals surface area contributed by atoms with Crippen LogP contribution in [0.25, 0.3) is 0 Å². The molecule has 2 heteroatoms. The Balaban J connectivity index is 2.56. The van der Waals surface area contributed by atoms with Crippen LogP contribution in [0.4, 0.5) is 0 Å². The van der Waals surface area contributed by atoms with E-state index in [0.29, 0.717) is 0 Å². The van der Waals surface area contributed by atoms with E-state index in [1.807, 2.05) is 0 Å². The topological polar surface area (TPSA) is 35.2 Å². The van der Waals surface area contributed by atoms with Crippen molar-refractivity contribution in [3.05, 3.63) is 33.9 Å². The van der Waals surface area contributed by atoms with Crippen molar-refractivity contribution in [2.24, 2.45) is 5.73 Å². The molecule has 0 bridgehead atoms. The molecule has 0 spiro atoms. The number of hydrogen-bond donors (Lipinski definition) is 1. The Morgan fingerprint density at radius 1 is 1.11 bits per heavy atom. The zero-order valence-electron chi connectivity index (χ0n) is 13.2. The van der Waals surface area contributed by atoms with Crippen LogP contribution in [0.2, 0.25) is 0 Å². The standard InChI is InChI=1S/C17H27NO/c1-11-7-12(2)14(4)15(13(11)3)17(9-19-10-17)8-16(5,6)18/h7H,8-10,18H2,1-6H3. The monoisotopic (exact) mass is 261 g/mol. The number of nitrogens with two attached hydrogens (primary N) is 1. The lowest BCUT2D eigenvalue weighted by atomic mass is 9.67. The SMILES string of the molecule is Cc1cc(C)c(C)c(C2(CC(C)(C)N)COC2)c1C. The predicted molar refractivity (Wildman–Crippen MR) is 80.8 cm³/mol. The number of rotatable bonds is 3. The minimum Gasteiger partial charge on any atom is -0.379 e. The lowest BCUT2D eigenvalue weighted by Crippen LogP contribution is -2.54. The van der Waals surface area contributed by atoms with Gasteiger partial charge in [-0.3, -0.25) is 0 Å². The molecule has 0 radical (unpaired) electrons. The van der Waals surface area contributed by atoms with Crippen LogP contribution in [0, 0.1) is 27.7 Å². The molecule has 0 saturated carbocycles. The van der Waals surface area contributed by atoms with Gasteiger partial charge in [-0.15, -0.1) is 0 Å². The van der Waals surface area contributed by atoms with E-state index in [0.717, 1.165) is 19.6 Å². The molecule has 0 aromatic heterocycles. The normalized spacial score (nSPS) is 18.3. The highest BCUT2D eigenvalue weighted by molar-refractivity contribution is 5.49. The van der Waals surface area contributed by atoms with Gasteiger partial charge in [-0.25, -0.2) is 0 Å². The third kappa shape index (κ3) is 2.56. The molecule has 2 N–H and O–H groups in total. The molecule has 1 saturated heterocycles. The maximum atomic E-state index is 6.29. The van der Waals surface area contributed by atoms with Gasteiger partial charge in [0.15, 0.2) is 0 Å². The second-order valence-corrected chi connectivity index (χ2v) is 7.07. The lowest BCUT2D eigenvalue weighted by molar-refractivity contribution is -0.0725. The smallest absolute Gasteiger partial charge is 0.0586 e. The van der Waals surface area contributed by atoms with Crippen LogP contribution in [0.3, 0.4) is 0 Å². The Morgan fingerprint density at radius 2 is 1.58 bits per heavy atom. The minimum absolute atomic E-state index is 0.114. The van der Waals surface area contributed by atoms with Crippen LogP contribution in [0.5, 0.6) is 0 Å². The largest absolute Gasteiger partial charge is 0.379 e. The summed E-state index contributed by atoms with van der Waals surface area (Å²) < 4.78 is 5.57. The van der Waals surface area contributed by atoms with E-state index in [1.54, 1.807) is 0 Å². The molecule has 0 amide bonds. The number of ether oxygens (including phenoxy) is 1. The fourth-order valence-corrected chi connectivity index (χ4v) is 3.57. The summed E-state index contributed by atoms with van der Waals surface area (Å²) in [6.45, 7) is 14.7. The molecule has 1 aromatic rings. The maximum Gasteiger partial charge on any atom is 0.0586 e. The third-order valence-corrected chi connectivity index (χ3v) is 4.45. The molecule has 2 rings (SSSR count). The molecule has 1 aliphatic heterocycles. The number of hydrogen-bond acceptors (Lipinski definition) is 2. The minimum atomic E-state index is -0.166. The quantitative estimate of drug-likeness (QED) is 0.906. The Bertz CT molecular complexity index is 467. The number of benzene rings is 1. The molecule has 0 aliphatic carbocycles. The summed E-state index contributed by atoms with van der Waals surface area (Å²) in [5, 5.41) is 0. The average Bonchev–Trinajstić information content (AvgIpc) is 2.21. The van der Waals surface area contributed by atoms with Gasteiger partial charge in [0.25, 0.3) is 0 Å². The summed E-state index contributed by atoms with van der Waals surface area (Å²) in [6, 6.07) is 2.29. The molecule has 19 heavy (non-hydrogen) atoms. The maximum absolute atomic E-state index is 6.29. The summed E-state index contributed by atoms with van der Waals surface area (Å²) in [5.41, 5.74) is 13.3. The molecule has 1 heterocycles. The van der Waals surface area contributed by atoms with Crippen LogP contribution in [-0.4, -0.2) is 18.8 Å². The highest BCUT2D eigenvalue weighted by Crippen LogP contribution is 2.43. The summed E-state index contributed by atoms with van der Waals surface area (Å²) in [4.78, 5) is 0. The Labute approximate surface area is 117 Å². The van der Waals surface area contributed by atoms with Gasteiger partial charge in [-0.1, -0.05) is 6.07 Å². The molecule has 1 aromatic carbocycles. The molecule has 1 fully saturated rings. The fraction of sp³-hybridized carbons (Fsp3) is 0.647. The summed E-state index contributed by atoms with van der Waals surface area (Å²) >= 11 is 0. The highest BCUT2D eigenvalue weighted by atomic mass is 16.5. The predicted octanol–water partition coefficient (Wildman–Crippen LogP) is 3.32. The van der Waals surface area contributed by atoms with Crippen LogP contribution in [0.15, 0.2) is 6.07 Å². The second kappa shape index (κ2) is 4.60. The Morgan fingerprint density at radius 3 is 1.89 bits per heavy atom. The summed E-state index contributed by atoms with van der Waals surface area (Å²) in [5.74, 6) is 0. The fourth-order valence-electron chi connectivity index (χ4n) is 3.57. The van der Waals surface area contributed by atoms with E-state index < -0.39 is 0 Å². The van der Waals surface area contributed by atoms with Gasteiger partial charge in [0.2, 0.25) is 0 Å². The highest BCUT2D eigenvalue weighted by Gasteiger charge is 2.45. The zero-order valence-corrected chi connectivity index (χ0v) is 13.2. The van der Waals surface area contributed by atoms with Gasteiger partial charge in [-0.05, 0) is 75.8 Å². The van der Waals surface area contributed by atoms with E-state index in [9.17, 15) is 0 Å². The molecule has 2 nitrogen and oxygen atoms in total. The van der Waals surface area contributed by atoms with Crippen molar-refractivity contribution in [3.63, 3.8) is 0 Å². The van der Waals surface area contributed by atoms with Gasteiger partial charge in [-0.2, -0.15) is 0 Å². The van der Waals surface area contributed by atoms with Crippen molar-refractivity contribution >= 4 is 0 Å². The first-order chi connectivity index (χ1) is 8.66. The average molecular weight is 261 g/mol. The van der Waals surface area contributed by atoms with Crippen LogP contribution in [0.1, 0.15) is 48.1 Å². The molecular formula is C17H27NO. The zero-order chi connectivity index (χ0) is 14.4. The van der Waals surface area contributed by atoms with E-state index >= 15 is 0 Å². The van der Waals surface area contributed by atoms with Crippen molar-refractivity contribution in [3.8, 4) is 0 Å². The van der Waals surface area contributed by atoms with Crippen LogP contribution < -0.4 is 5.73 Å². The van der Waals surface area contributed by atoms with Crippen molar-refractivity contribution in [2.75, 3.05) is 13.2 Å². The first-order valence-electron chi connectivity index (χ1n) is 7.11. The van der Waals surface area contributed by atoms with E-state index in [2.05, 4.69) is 47.6 Å². The molecule has 106 valence electrons. The van der Waals surface area contributed by atoms with E-state index in [4.69, 9.17) is 10.5 Å². The summed E-state index contributed by atoms with van der Waals surface area (Å²) in [7, 11) is 0. The number of aryl methyl sites for hydroxylation is 2. The van der Waals surface area contributed by atoms with Gasteiger partial charge in [0.05, 0.1) is 13.2 Å². The molecule has 0 atom stereocenters. The van der Waals surface area contributed by atoms with E-state index in [1.165, 1.54) is 27.8 Å². The van der Waals surface area contributed by atoms with Gasteiger partial charge < -0.3 is 10.5 Å². The lowest BCUT2D eigenvalue weighted by Gasteiger charge is -2.47. The van der Waals surface area contributed by atoms with Gasteiger partial charge >= 0.3 is 0 Å². The van der Waals surface area contributed by atoms with Crippen LogP contribution >= 0.6 is 0 Å². The van der Waals surface area contributed by atoms with Crippen molar-refractivity contribution in [1.29, 1.82) is 0 Å². The van der Waals surface area contributed by atoms with Crippen LogP contribution in [-0.2, 0) is 10.2 Å².